The molecule has 0 radical (unpaired) electrons. The van der Waals surface area contributed by atoms with Crippen LogP contribution in [0.4, 0.5) is 0 Å². The molecule has 1 atom stereocenters. The number of rotatable bonds is 1. The molecule has 1 aliphatic carbocycles. The zero-order valence-electron chi connectivity index (χ0n) is 6.54. The van der Waals surface area contributed by atoms with Crippen LogP contribution in [0.15, 0.2) is 28.9 Å². The molecule has 1 aliphatic rings. The van der Waals surface area contributed by atoms with Crippen LogP contribution in [-0.4, -0.2) is 6.21 Å². The first-order valence-electron chi connectivity index (χ1n) is 3.70. The van der Waals surface area contributed by atoms with E-state index in [1.54, 1.807) is 0 Å². The Kier molecular flexibility index (Phi) is 2.43. The highest BCUT2D eigenvalue weighted by molar-refractivity contribution is 5.56. The Morgan fingerprint density at radius 2 is 2.50 bits per heavy atom. The molecule has 10 heavy (non-hydrogen) atoms. The van der Waals surface area contributed by atoms with Gasteiger partial charge in [0, 0.05) is 6.21 Å². The topological polar surface area (TPSA) is 12.4 Å². The fraction of sp³-hybridized carbons (Fsp3) is 0.444. The van der Waals surface area contributed by atoms with Gasteiger partial charge in [0.05, 0.1) is 5.70 Å². The second kappa shape index (κ2) is 3.35. The van der Waals surface area contributed by atoms with E-state index in [-0.39, 0.29) is 0 Å². The Balaban J connectivity index is 2.58. The number of allylic oxidation sites excluding steroid dienone is 3. The van der Waals surface area contributed by atoms with Crippen LogP contribution in [0, 0.1) is 5.92 Å². The molecule has 0 aromatic heterocycles. The fourth-order valence-corrected chi connectivity index (χ4v) is 0.961. The lowest BCUT2D eigenvalue weighted by Crippen LogP contribution is -1.92. The number of nitrogens with zero attached hydrogens (tertiary/aromatic N) is 1. The van der Waals surface area contributed by atoms with Crippen LogP contribution in [-0.2, 0) is 0 Å². The van der Waals surface area contributed by atoms with E-state index in [1.165, 1.54) is 0 Å². The van der Waals surface area contributed by atoms with Crippen LogP contribution >= 0.6 is 0 Å². The summed E-state index contributed by atoms with van der Waals surface area (Å²) >= 11 is 0. The standard InChI is InChI=1S/C9H13N/c1-3-10-9-6-4-8(2)5-7-9/h3-4,6-8H,5H2,1-2H3. The van der Waals surface area contributed by atoms with Crippen LogP contribution in [0.5, 0.6) is 0 Å². The summed E-state index contributed by atoms with van der Waals surface area (Å²) in [5, 5.41) is 0. The minimum atomic E-state index is 0.691. The molecular formula is C9H13N. The highest BCUT2D eigenvalue weighted by atomic mass is 14.7. The first-order valence-corrected chi connectivity index (χ1v) is 3.70. The van der Waals surface area contributed by atoms with Crippen molar-refractivity contribution in [3.05, 3.63) is 23.9 Å². The van der Waals surface area contributed by atoms with Gasteiger partial charge in [-0.15, -0.1) is 0 Å². The van der Waals surface area contributed by atoms with Crippen molar-refractivity contribution >= 4 is 6.21 Å². The molecule has 0 aromatic carbocycles. The zero-order valence-corrected chi connectivity index (χ0v) is 6.54. The lowest BCUT2D eigenvalue weighted by atomic mass is 10.0. The molecular weight excluding hydrogens is 122 g/mol. The van der Waals surface area contributed by atoms with Gasteiger partial charge in [-0.3, -0.25) is 4.99 Å². The van der Waals surface area contributed by atoms with Crippen molar-refractivity contribution in [3.8, 4) is 0 Å². The molecule has 0 bridgehead atoms. The minimum absolute atomic E-state index is 0.691. The Hall–Kier alpha value is -0.850. The Labute approximate surface area is 62.2 Å². The predicted molar refractivity (Wildman–Crippen MR) is 45.2 cm³/mol. The van der Waals surface area contributed by atoms with E-state index < -0.39 is 0 Å². The first kappa shape index (κ1) is 7.26. The summed E-state index contributed by atoms with van der Waals surface area (Å²) in [6.07, 6.45) is 9.40. The van der Waals surface area contributed by atoms with Crippen molar-refractivity contribution in [1.82, 2.24) is 0 Å². The second-order valence-corrected chi connectivity index (χ2v) is 2.59. The van der Waals surface area contributed by atoms with Gasteiger partial charge >= 0.3 is 0 Å². The minimum Gasteiger partial charge on any atom is -0.262 e. The summed E-state index contributed by atoms with van der Waals surface area (Å²) in [5.74, 6) is 0.691. The zero-order chi connectivity index (χ0) is 7.40. The van der Waals surface area contributed by atoms with Gasteiger partial charge in [0.25, 0.3) is 0 Å². The normalized spacial score (nSPS) is 25.4. The molecule has 0 fully saturated rings. The van der Waals surface area contributed by atoms with E-state index in [9.17, 15) is 0 Å². The fourth-order valence-electron chi connectivity index (χ4n) is 0.961. The molecule has 1 unspecified atom stereocenters. The van der Waals surface area contributed by atoms with Crippen molar-refractivity contribution in [1.29, 1.82) is 0 Å². The van der Waals surface area contributed by atoms with Gasteiger partial charge < -0.3 is 0 Å². The summed E-state index contributed by atoms with van der Waals surface area (Å²) in [6.45, 7) is 4.14. The second-order valence-electron chi connectivity index (χ2n) is 2.59. The van der Waals surface area contributed by atoms with E-state index in [0.29, 0.717) is 5.92 Å². The smallest absolute Gasteiger partial charge is 0.0582 e. The molecule has 0 spiro atoms. The molecule has 54 valence electrons. The average Bonchev–Trinajstić information content (AvgIpc) is 1.95. The quantitative estimate of drug-likeness (QED) is 0.490. The van der Waals surface area contributed by atoms with E-state index in [4.69, 9.17) is 0 Å². The molecule has 0 amide bonds. The largest absolute Gasteiger partial charge is 0.262 e. The Morgan fingerprint density at radius 3 is 3.00 bits per heavy atom. The summed E-state index contributed by atoms with van der Waals surface area (Å²) in [7, 11) is 0. The first-order chi connectivity index (χ1) is 4.83. The van der Waals surface area contributed by atoms with E-state index >= 15 is 0 Å². The lowest BCUT2D eigenvalue weighted by molar-refractivity contribution is 0.730. The van der Waals surface area contributed by atoms with Gasteiger partial charge in [0.1, 0.15) is 0 Å². The van der Waals surface area contributed by atoms with Gasteiger partial charge in [0.2, 0.25) is 0 Å². The summed E-state index contributed by atoms with van der Waals surface area (Å²) in [6, 6.07) is 0. The van der Waals surface area contributed by atoms with Crippen molar-refractivity contribution < 1.29 is 0 Å². The SMILES string of the molecule is CC=NC1=CCC(C)C=C1. The maximum absolute atomic E-state index is 4.17. The van der Waals surface area contributed by atoms with Crippen molar-refractivity contribution in [2.24, 2.45) is 10.9 Å². The van der Waals surface area contributed by atoms with Crippen LogP contribution in [0.25, 0.3) is 0 Å². The summed E-state index contributed by atoms with van der Waals surface area (Å²) in [5.41, 5.74) is 1.10. The van der Waals surface area contributed by atoms with Crippen molar-refractivity contribution in [3.63, 3.8) is 0 Å². The molecule has 0 aliphatic heterocycles. The number of aliphatic imine (C=N–C) groups is 1. The number of hydrogen-bond donors (Lipinski definition) is 0. The Morgan fingerprint density at radius 1 is 1.70 bits per heavy atom. The third-order valence-electron chi connectivity index (χ3n) is 1.57. The lowest BCUT2D eigenvalue weighted by Gasteiger charge is -2.07. The summed E-state index contributed by atoms with van der Waals surface area (Å²) in [4.78, 5) is 4.17. The van der Waals surface area contributed by atoms with Crippen molar-refractivity contribution in [2.75, 3.05) is 0 Å². The average molecular weight is 135 g/mol. The molecule has 0 aromatic rings. The highest BCUT2D eigenvalue weighted by Crippen LogP contribution is 2.15. The number of hydrogen-bond acceptors (Lipinski definition) is 1. The molecule has 0 heterocycles. The predicted octanol–water partition coefficient (Wildman–Crippen LogP) is 2.56. The molecule has 1 nitrogen and oxygen atoms in total. The molecule has 0 saturated heterocycles. The monoisotopic (exact) mass is 135 g/mol. The third-order valence-corrected chi connectivity index (χ3v) is 1.57. The highest BCUT2D eigenvalue weighted by Gasteiger charge is 2.00. The Bertz CT molecular complexity index is 187. The van der Waals surface area contributed by atoms with Crippen LogP contribution < -0.4 is 0 Å². The van der Waals surface area contributed by atoms with Crippen LogP contribution in [0.2, 0.25) is 0 Å². The summed E-state index contributed by atoms with van der Waals surface area (Å²) < 4.78 is 0. The maximum Gasteiger partial charge on any atom is 0.0582 e. The molecule has 1 rings (SSSR count). The van der Waals surface area contributed by atoms with Gasteiger partial charge in [-0.2, -0.15) is 0 Å². The molecule has 0 N–H and O–H groups in total. The van der Waals surface area contributed by atoms with Crippen LogP contribution in [0.3, 0.4) is 0 Å². The third kappa shape index (κ3) is 1.83. The van der Waals surface area contributed by atoms with Crippen LogP contribution in [0.1, 0.15) is 20.3 Å². The van der Waals surface area contributed by atoms with Crippen molar-refractivity contribution in [2.45, 2.75) is 20.3 Å². The van der Waals surface area contributed by atoms with Gasteiger partial charge in [-0.1, -0.05) is 19.1 Å². The van der Waals surface area contributed by atoms with Gasteiger partial charge in [0.15, 0.2) is 0 Å². The molecule has 1 heteroatoms. The van der Waals surface area contributed by atoms with Gasteiger partial charge in [-0.05, 0) is 25.3 Å². The molecule has 0 saturated carbocycles. The van der Waals surface area contributed by atoms with E-state index in [2.05, 4.69) is 30.1 Å². The van der Waals surface area contributed by atoms with E-state index in [1.807, 2.05) is 13.1 Å². The maximum atomic E-state index is 4.17. The van der Waals surface area contributed by atoms with E-state index in [0.717, 1.165) is 12.1 Å². The van der Waals surface area contributed by atoms with Gasteiger partial charge in [-0.25, -0.2) is 0 Å².